The third-order valence-corrected chi connectivity index (χ3v) is 3.21. The molecule has 0 saturated heterocycles. The molecule has 0 radical (unpaired) electrons. The summed E-state index contributed by atoms with van der Waals surface area (Å²) < 4.78 is 5.33. The Balaban J connectivity index is 1.91. The van der Waals surface area contributed by atoms with Crippen LogP contribution in [0.15, 0.2) is 28.9 Å². The molecule has 1 atom stereocenters. The van der Waals surface area contributed by atoms with Crippen LogP contribution in [0.2, 0.25) is 5.15 Å². The van der Waals surface area contributed by atoms with Crippen LogP contribution in [0.1, 0.15) is 38.3 Å². The molecule has 1 N–H and O–H groups in total. The van der Waals surface area contributed by atoms with Crippen molar-refractivity contribution in [1.29, 1.82) is 0 Å². The lowest BCUT2D eigenvalue weighted by atomic mass is 10.1. The van der Waals surface area contributed by atoms with Crippen LogP contribution < -0.4 is 5.32 Å². The summed E-state index contributed by atoms with van der Waals surface area (Å²) in [6, 6.07) is 5.97. The number of hydrogen-bond donors (Lipinski definition) is 1. The van der Waals surface area contributed by atoms with Crippen LogP contribution >= 0.6 is 11.6 Å². The maximum Gasteiger partial charge on any atom is 0.134 e. The highest BCUT2D eigenvalue weighted by Gasteiger charge is 2.07. The molecule has 0 amide bonds. The molecule has 0 aromatic carbocycles. The van der Waals surface area contributed by atoms with Crippen LogP contribution in [0.3, 0.4) is 0 Å². The van der Waals surface area contributed by atoms with Gasteiger partial charge in [-0.1, -0.05) is 18.5 Å². The van der Waals surface area contributed by atoms with E-state index in [0.717, 1.165) is 43.1 Å². The van der Waals surface area contributed by atoms with Gasteiger partial charge in [-0.25, -0.2) is 9.97 Å². The number of aromatic nitrogens is 2. The van der Waals surface area contributed by atoms with Gasteiger partial charge < -0.3 is 9.73 Å². The molecule has 2 aromatic rings. The Morgan fingerprint density at radius 2 is 2.20 bits per heavy atom. The first-order valence-electron chi connectivity index (χ1n) is 6.99. The molecule has 5 heteroatoms. The van der Waals surface area contributed by atoms with Crippen LogP contribution in [0.5, 0.6) is 0 Å². The van der Waals surface area contributed by atoms with E-state index in [9.17, 15) is 0 Å². The van der Waals surface area contributed by atoms with Crippen molar-refractivity contribution in [3.63, 3.8) is 0 Å². The van der Waals surface area contributed by atoms with E-state index in [0.29, 0.717) is 11.2 Å². The minimum atomic E-state index is 0.292. The van der Waals surface area contributed by atoms with Gasteiger partial charge in [0.05, 0.1) is 6.26 Å². The van der Waals surface area contributed by atoms with E-state index in [-0.39, 0.29) is 0 Å². The van der Waals surface area contributed by atoms with Crippen molar-refractivity contribution >= 4 is 17.4 Å². The highest BCUT2D eigenvalue weighted by Crippen LogP contribution is 2.15. The minimum absolute atomic E-state index is 0.292. The summed E-state index contributed by atoms with van der Waals surface area (Å²) in [5.41, 5.74) is 0. The van der Waals surface area contributed by atoms with E-state index in [2.05, 4.69) is 29.1 Å². The Kier molecular flexibility index (Phi) is 5.41. The molecule has 0 bridgehead atoms. The zero-order valence-electron chi connectivity index (χ0n) is 11.9. The second-order valence-electron chi connectivity index (χ2n) is 4.91. The Morgan fingerprint density at radius 1 is 1.35 bits per heavy atom. The van der Waals surface area contributed by atoms with Crippen LogP contribution in [0.4, 0.5) is 5.82 Å². The molecule has 1 unspecified atom stereocenters. The number of aryl methyl sites for hydroxylation is 2. The maximum absolute atomic E-state index is 6.02. The first-order chi connectivity index (χ1) is 9.67. The molecule has 4 nitrogen and oxygen atoms in total. The van der Waals surface area contributed by atoms with Gasteiger partial charge in [-0.3, -0.25) is 0 Å². The van der Waals surface area contributed by atoms with Gasteiger partial charge >= 0.3 is 0 Å². The van der Waals surface area contributed by atoms with E-state index in [1.54, 1.807) is 12.3 Å². The van der Waals surface area contributed by atoms with Crippen molar-refractivity contribution in [2.45, 2.75) is 45.6 Å². The van der Waals surface area contributed by atoms with E-state index in [1.165, 1.54) is 0 Å². The molecule has 0 aliphatic heterocycles. The third-order valence-electron chi connectivity index (χ3n) is 3.01. The molecule has 20 heavy (non-hydrogen) atoms. The molecule has 2 heterocycles. The summed E-state index contributed by atoms with van der Waals surface area (Å²) in [5.74, 6) is 2.59. The average Bonchev–Trinajstić information content (AvgIpc) is 2.89. The lowest BCUT2D eigenvalue weighted by Crippen LogP contribution is -2.17. The number of furan rings is 1. The number of hydrogen-bond acceptors (Lipinski definition) is 4. The average molecular weight is 294 g/mol. The van der Waals surface area contributed by atoms with Crippen molar-refractivity contribution in [2.24, 2.45) is 0 Å². The van der Waals surface area contributed by atoms with Gasteiger partial charge in [0.25, 0.3) is 0 Å². The lowest BCUT2D eigenvalue weighted by molar-refractivity contribution is 0.495. The van der Waals surface area contributed by atoms with Crippen molar-refractivity contribution in [2.75, 3.05) is 5.32 Å². The van der Waals surface area contributed by atoms with Crippen LogP contribution in [-0.4, -0.2) is 16.0 Å². The fourth-order valence-corrected chi connectivity index (χ4v) is 2.21. The van der Waals surface area contributed by atoms with Crippen molar-refractivity contribution in [3.05, 3.63) is 41.2 Å². The van der Waals surface area contributed by atoms with Gasteiger partial charge in [0.1, 0.15) is 22.6 Å². The van der Waals surface area contributed by atoms with Gasteiger partial charge in [0.2, 0.25) is 0 Å². The Labute approximate surface area is 124 Å². The second kappa shape index (κ2) is 7.29. The molecule has 0 saturated carbocycles. The Hall–Kier alpha value is -1.55. The fourth-order valence-electron chi connectivity index (χ4n) is 2.01. The molecular formula is C15H20ClN3O. The van der Waals surface area contributed by atoms with Crippen molar-refractivity contribution < 1.29 is 4.42 Å². The first kappa shape index (κ1) is 14.9. The third kappa shape index (κ3) is 4.53. The smallest absolute Gasteiger partial charge is 0.134 e. The summed E-state index contributed by atoms with van der Waals surface area (Å²) in [5, 5.41) is 3.86. The zero-order chi connectivity index (χ0) is 14.4. The van der Waals surface area contributed by atoms with E-state index in [1.807, 2.05) is 12.1 Å². The molecule has 108 valence electrons. The minimum Gasteiger partial charge on any atom is -0.469 e. The van der Waals surface area contributed by atoms with E-state index in [4.69, 9.17) is 16.0 Å². The maximum atomic E-state index is 6.02. The summed E-state index contributed by atoms with van der Waals surface area (Å²) in [6.07, 6.45) is 5.43. The molecule has 0 aliphatic rings. The van der Waals surface area contributed by atoms with Gasteiger partial charge in [-0.15, -0.1) is 0 Å². The van der Waals surface area contributed by atoms with Crippen LogP contribution in [-0.2, 0) is 12.8 Å². The number of nitrogens with zero attached hydrogens (tertiary/aromatic N) is 2. The zero-order valence-corrected chi connectivity index (χ0v) is 12.7. The monoisotopic (exact) mass is 293 g/mol. The van der Waals surface area contributed by atoms with E-state index >= 15 is 0 Å². The topological polar surface area (TPSA) is 51.0 Å². The molecule has 0 fully saturated rings. The molecule has 2 rings (SSSR count). The number of halogens is 1. The van der Waals surface area contributed by atoms with Gasteiger partial charge in [0.15, 0.2) is 0 Å². The quantitative estimate of drug-likeness (QED) is 0.781. The number of nitrogens with one attached hydrogen (secondary N) is 1. The largest absolute Gasteiger partial charge is 0.469 e. The normalized spacial score (nSPS) is 12.3. The molecule has 2 aromatic heterocycles. The summed E-state index contributed by atoms with van der Waals surface area (Å²) in [6.45, 7) is 4.22. The van der Waals surface area contributed by atoms with Crippen molar-refractivity contribution in [3.8, 4) is 0 Å². The highest BCUT2D eigenvalue weighted by molar-refractivity contribution is 6.29. The van der Waals surface area contributed by atoms with Gasteiger partial charge in [0, 0.05) is 24.9 Å². The predicted octanol–water partition coefficient (Wildman–Crippen LogP) is 4.11. The number of rotatable bonds is 7. The van der Waals surface area contributed by atoms with E-state index < -0.39 is 0 Å². The second-order valence-corrected chi connectivity index (χ2v) is 5.29. The van der Waals surface area contributed by atoms with Gasteiger partial charge in [-0.05, 0) is 31.9 Å². The standard InChI is InChI=1S/C15H20ClN3O/c1-3-5-14-18-13(16)10-15(19-14)17-11(2)7-8-12-6-4-9-20-12/h4,6,9-11H,3,5,7-8H2,1-2H3,(H,17,18,19). The highest BCUT2D eigenvalue weighted by atomic mass is 35.5. The van der Waals surface area contributed by atoms with Gasteiger partial charge in [-0.2, -0.15) is 0 Å². The summed E-state index contributed by atoms with van der Waals surface area (Å²) in [4.78, 5) is 8.70. The molecule has 0 aliphatic carbocycles. The fraction of sp³-hybridized carbons (Fsp3) is 0.467. The first-order valence-corrected chi connectivity index (χ1v) is 7.37. The van der Waals surface area contributed by atoms with Crippen LogP contribution in [0.25, 0.3) is 0 Å². The SMILES string of the molecule is CCCc1nc(Cl)cc(NC(C)CCc2ccco2)n1. The summed E-state index contributed by atoms with van der Waals surface area (Å²) >= 11 is 6.02. The van der Waals surface area contributed by atoms with Crippen molar-refractivity contribution in [1.82, 2.24) is 9.97 Å². The molecule has 0 spiro atoms. The predicted molar refractivity (Wildman–Crippen MR) is 81.2 cm³/mol. The molecular weight excluding hydrogens is 274 g/mol. The lowest BCUT2D eigenvalue weighted by Gasteiger charge is -2.14. The number of anilines is 1. The Morgan fingerprint density at radius 3 is 2.90 bits per heavy atom. The summed E-state index contributed by atoms with van der Waals surface area (Å²) in [7, 11) is 0. The Bertz CT molecular complexity index is 528. The van der Waals surface area contributed by atoms with Crippen LogP contribution in [0, 0.1) is 0 Å².